The van der Waals surface area contributed by atoms with Crippen molar-refractivity contribution in [2.45, 2.75) is 0 Å². The number of aromatic nitrogens is 1. The molecule has 0 saturated heterocycles. The van der Waals surface area contributed by atoms with Gasteiger partial charge in [0, 0.05) is 50.3 Å². The Morgan fingerprint density at radius 2 is 0.754 bits per heavy atom. The van der Waals surface area contributed by atoms with Crippen molar-refractivity contribution in [1.29, 1.82) is 0 Å². The van der Waals surface area contributed by atoms with Crippen LogP contribution < -0.4 is 9.80 Å². The molecule has 3 nitrogen and oxygen atoms in total. The van der Waals surface area contributed by atoms with Gasteiger partial charge in [-0.1, -0.05) is 140 Å². The normalized spacial score (nSPS) is 11.6. The molecule has 0 aliphatic rings. The topological polar surface area (TPSA) is 11.4 Å². The quantitative estimate of drug-likeness (QED) is 0.142. The molecule has 0 saturated carbocycles. The summed E-state index contributed by atoms with van der Waals surface area (Å²) in [5.74, 6) is 0. The van der Waals surface area contributed by atoms with Crippen LogP contribution in [0.25, 0.3) is 70.9 Å². The standard InChI is InChI=1S/C58H39N3/c1-6-16-43(17-7-1)59(44-18-8-2-9-19-44)48-29-31-50-42(39-48)27-26-40-38-41(28-30-49(40)50)51-34-35-55-57-52(51)32-33-53-54(36-37-56(58(53)57)61(55)47-24-14-5-15-25-47)60(45-20-10-3-11-21-45)46-22-12-4-13-23-46/h1-39H. The zero-order valence-corrected chi connectivity index (χ0v) is 33.4. The Bertz CT molecular complexity index is 3430. The Hall–Kier alpha value is -8.14. The van der Waals surface area contributed by atoms with E-state index in [1.807, 2.05) is 0 Å². The van der Waals surface area contributed by atoms with Gasteiger partial charge in [-0.05, 0) is 135 Å². The van der Waals surface area contributed by atoms with E-state index >= 15 is 0 Å². The molecular formula is C58H39N3. The van der Waals surface area contributed by atoms with Crippen LogP contribution in [-0.2, 0) is 0 Å². The van der Waals surface area contributed by atoms with Crippen molar-refractivity contribution >= 4 is 88.2 Å². The molecule has 11 aromatic carbocycles. The molecule has 12 aromatic rings. The van der Waals surface area contributed by atoms with Gasteiger partial charge in [0.25, 0.3) is 0 Å². The van der Waals surface area contributed by atoms with E-state index in [-0.39, 0.29) is 0 Å². The number of benzene rings is 11. The number of hydrogen-bond donors (Lipinski definition) is 0. The highest BCUT2D eigenvalue weighted by molar-refractivity contribution is 6.29. The molecule has 286 valence electrons. The van der Waals surface area contributed by atoms with Gasteiger partial charge in [-0.2, -0.15) is 0 Å². The highest BCUT2D eigenvalue weighted by Crippen LogP contribution is 2.48. The molecule has 0 aliphatic carbocycles. The van der Waals surface area contributed by atoms with Gasteiger partial charge in [0.1, 0.15) is 0 Å². The molecule has 0 amide bonds. The fourth-order valence-electron chi connectivity index (χ4n) is 9.59. The molecule has 0 unspecified atom stereocenters. The molecule has 61 heavy (non-hydrogen) atoms. The maximum absolute atomic E-state index is 2.44. The van der Waals surface area contributed by atoms with Crippen molar-refractivity contribution in [2.24, 2.45) is 0 Å². The van der Waals surface area contributed by atoms with E-state index in [1.165, 1.54) is 65.3 Å². The fourth-order valence-corrected chi connectivity index (χ4v) is 9.59. The van der Waals surface area contributed by atoms with Crippen molar-refractivity contribution in [1.82, 2.24) is 4.57 Å². The highest BCUT2D eigenvalue weighted by Gasteiger charge is 2.23. The third-order valence-electron chi connectivity index (χ3n) is 12.3. The second-order valence-electron chi connectivity index (χ2n) is 15.7. The summed E-state index contributed by atoms with van der Waals surface area (Å²) in [6.07, 6.45) is 0. The molecule has 0 bridgehead atoms. The van der Waals surface area contributed by atoms with Crippen LogP contribution in [0.1, 0.15) is 0 Å². The molecule has 0 aliphatic heterocycles. The first kappa shape index (κ1) is 34.9. The first-order valence-corrected chi connectivity index (χ1v) is 20.9. The molecule has 0 spiro atoms. The Kier molecular flexibility index (Phi) is 8.17. The maximum Gasteiger partial charge on any atom is 0.0548 e. The molecule has 1 heterocycles. The van der Waals surface area contributed by atoms with Gasteiger partial charge in [0.15, 0.2) is 0 Å². The van der Waals surface area contributed by atoms with Crippen molar-refractivity contribution in [3.8, 4) is 16.8 Å². The van der Waals surface area contributed by atoms with Crippen LogP contribution in [0.2, 0.25) is 0 Å². The lowest BCUT2D eigenvalue weighted by Gasteiger charge is -2.27. The Labute approximate surface area is 354 Å². The zero-order valence-electron chi connectivity index (χ0n) is 33.4. The molecule has 0 radical (unpaired) electrons. The van der Waals surface area contributed by atoms with Crippen molar-refractivity contribution in [2.75, 3.05) is 9.80 Å². The van der Waals surface area contributed by atoms with Crippen LogP contribution in [0.3, 0.4) is 0 Å². The number of rotatable bonds is 8. The van der Waals surface area contributed by atoms with E-state index in [2.05, 4.69) is 251 Å². The van der Waals surface area contributed by atoms with E-state index < -0.39 is 0 Å². The average Bonchev–Trinajstić information content (AvgIpc) is 3.68. The third-order valence-corrected chi connectivity index (χ3v) is 12.3. The van der Waals surface area contributed by atoms with E-state index in [0.29, 0.717) is 0 Å². The van der Waals surface area contributed by atoms with Gasteiger partial charge in [-0.25, -0.2) is 0 Å². The summed E-state index contributed by atoms with van der Waals surface area (Å²) in [5.41, 5.74) is 12.8. The highest BCUT2D eigenvalue weighted by atomic mass is 15.1. The number of hydrogen-bond acceptors (Lipinski definition) is 2. The summed E-state index contributed by atoms with van der Waals surface area (Å²) in [4.78, 5) is 4.71. The summed E-state index contributed by atoms with van der Waals surface area (Å²) in [5, 5.41) is 9.96. The predicted octanol–water partition coefficient (Wildman–Crippen LogP) is 16.3. The Balaban J connectivity index is 1.02. The fraction of sp³-hybridized carbons (Fsp3) is 0. The largest absolute Gasteiger partial charge is 0.310 e. The van der Waals surface area contributed by atoms with Gasteiger partial charge in [0.05, 0.1) is 16.7 Å². The smallest absolute Gasteiger partial charge is 0.0548 e. The lowest BCUT2D eigenvalue weighted by Crippen LogP contribution is -2.10. The Morgan fingerprint density at radius 1 is 0.295 bits per heavy atom. The first-order valence-electron chi connectivity index (χ1n) is 20.9. The number of nitrogens with zero attached hydrogens (tertiary/aromatic N) is 3. The summed E-state index contributed by atoms with van der Waals surface area (Å²) >= 11 is 0. The zero-order chi connectivity index (χ0) is 40.3. The minimum atomic E-state index is 1.13. The summed E-state index contributed by atoms with van der Waals surface area (Å²) < 4.78 is 2.44. The van der Waals surface area contributed by atoms with E-state index in [4.69, 9.17) is 0 Å². The molecule has 1 aromatic heterocycles. The molecule has 0 atom stereocenters. The predicted molar refractivity (Wildman–Crippen MR) is 259 cm³/mol. The molecule has 0 fully saturated rings. The van der Waals surface area contributed by atoms with Gasteiger partial charge in [-0.15, -0.1) is 0 Å². The lowest BCUT2D eigenvalue weighted by atomic mass is 9.92. The van der Waals surface area contributed by atoms with Crippen LogP contribution in [0.15, 0.2) is 237 Å². The first-order chi connectivity index (χ1) is 30.3. The number of fused-ring (bicyclic) bond motifs is 3. The van der Waals surface area contributed by atoms with Crippen LogP contribution in [0.5, 0.6) is 0 Å². The van der Waals surface area contributed by atoms with Gasteiger partial charge in [-0.3, -0.25) is 0 Å². The second-order valence-corrected chi connectivity index (χ2v) is 15.7. The summed E-state index contributed by atoms with van der Waals surface area (Å²) in [6.45, 7) is 0. The SMILES string of the molecule is c1ccc(N(c2ccccc2)c2ccc3c(ccc4cc(-c5ccc6c7c5ccc5c(N(c8ccccc8)c8ccccc8)ccc(c57)n6-c5ccccc5)ccc43)c2)cc1. The van der Waals surface area contributed by atoms with E-state index in [9.17, 15) is 0 Å². The van der Waals surface area contributed by atoms with Crippen LogP contribution in [0.4, 0.5) is 34.1 Å². The maximum atomic E-state index is 2.44. The average molecular weight is 778 g/mol. The molecular weight excluding hydrogens is 739 g/mol. The summed E-state index contributed by atoms with van der Waals surface area (Å²) in [6, 6.07) is 85.8. The van der Waals surface area contributed by atoms with Crippen LogP contribution >= 0.6 is 0 Å². The van der Waals surface area contributed by atoms with E-state index in [0.717, 1.165) is 39.8 Å². The van der Waals surface area contributed by atoms with Gasteiger partial charge >= 0.3 is 0 Å². The second kappa shape index (κ2) is 14.3. The van der Waals surface area contributed by atoms with Gasteiger partial charge < -0.3 is 14.4 Å². The minimum absolute atomic E-state index is 1.13. The Morgan fingerprint density at radius 3 is 1.34 bits per heavy atom. The van der Waals surface area contributed by atoms with Crippen LogP contribution in [-0.4, -0.2) is 4.57 Å². The van der Waals surface area contributed by atoms with Gasteiger partial charge in [0.2, 0.25) is 0 Å². The monoisotopic (exact) mass is 777 g/mol. The van der Waals surface area contributed by atoms with Crippen molar-refractivity contribution in [3.63, 3.8) is 0 Å². The van der Waals surface area contributed by atoms with E-state index in [1.54, 1.807) is 0 Å². The van der Waals surface area contributed by atoms with Crippen molar-refractivity contribution in [3.05, 3.63) is 237 Å². The number of para-hydroxylation sites is 5. The summed E-state index contributed by atoms with van der Waals surface area (Å²) in [7, 11) is 0. The van der Waals surface area contributed by atoms with Crippen LogP contribution in [0, 0.1) is 0 Å². The molecule has 0 N–H and O–H groups in total. The molecule has 12 rings (SSSR count). The minimum Gasteiger partial charge on any atom is -0.310 e. The molecule has 3 heteroatoms. The third kappa shape index (κ3) is 5.74. The number of anilines is 6. The van der Waals surface area contributed by atoms with Crippen molar-refractivity contribution < 1.29 is 0 Å². The lowest BCUT2D eigenvalue weighted by molar-refractivity contribution is 1.18.